The van der Waals surface area contributed by atoms with Crippen molar-refractivity contribution in [2.24, 2.45) is 0 Å². The predicted octanol–water partition coefficient (Wildman–Crippen LogP) is 3.32. The van der Waals surface area contributed by atoms with Gasteiger partial charge in [0.2, 0.25) is 0 Å². The van der Waals surface area contributed by atoms with Gasteiger partial charge in [-0.15, -0.1) is 0 Å². The molecule has 1 rings (SSSR count). The number of hydrogen-bond donors (Lipinski definition) is 3. The quantitative estimate of drug-likeness (QED) is 0.750. The number of aliphatic hydroxyl groups is 1. The van der Waals surface area contributed by atoms with Crippen molar-refractivity contribution in [3.05, 3.63) is 30.3 Å². The van der Waals surface area contributed by atoms with Crippen LogP contribution in [0.25, 0.3) is 0 Å². The second-order valence-electron chi connectivity index (χ2n) is 3.78. The molecule has 1 aromatic carbocycles. The number of rotatable bonds is 3. The van der Waals surface area contributed by atoms with Gasteiger partial charge in [-0.3, -0.25) is 5.32 Å². The molecule has 0 saturated carbocycles. The lowest BCUT2D eigenvalue weighted by Gasteiger charge is -2.16. The Bertz CT molecular complexity index is 322. The van der Waals surface area contributed by atoms with Crippen LogP contribution in [0.4, 0.5) is 10.5 Å². The molecular formula is C12H18BrNO3. The van der Waals surface area contributed by atoms with Gasteiger partial charge in [0.25, 0.3) is 0 Å². The molecule has 0 aliphatic rings. The molecule has 0 spiro atoms. The predicted molar refractivity (Wildman–Crippen MR) is 72.8 cm³/mol. The minimum absolute atomic E-state index is 0.500. The Balaban J connectivity index is 0.000000325. The monoisotopic (exact) mass is 303 g/mol. The van der Waals surface area contributed by atoms with E-state index in [1.54, 1.807) is 24.3 Å². The third-order valence-corrected chi connectivity index (χ3v) is 3.28. The fraction of sp³-hybridized carbons (Fsp3) is 0.417. The van der Waals surface area contributed by atoms with Crippen molar-refractivity contribution < 1.29 is 15.0 Å². The van der Waals surface area contributed by atoms with Crippen LogP contribution in [0.15, 0.2) is 30.3 Å². The first-order valence-corrected chi connectivity index (χ1v) is 6.36. The summed E-state index contributed by atoms with van der Waals surface area (Å²) in [6, 6.07) is 8.74. The Hall–Kier alpha value is -1.07. The highest BCUT2D eigenvalue weighted by molar-refractivity contribution is 9.09. The molecule has 0 fully saturated rings. The molecule has 0 radical (unpaired) electrons. The fourth-order valence-corrected chi connectivity index (χ4v) is 1.14. The average Bonchev–Trinajstić information content (AvgIpc) is 2.30. The zero-order valence-electron chi connectivity index (χ0n) is 9.98. The highest BCUT2D eigenvalue weighted by Crippen LogP contribution is 2.10. The molecule has 5 heteroatoms. The third-order valence-electron chi connectivity index (χ3n) is 2.07. The number of hydrogen-bond acceptors (Lipinski definition) is 2. The van der Waals surface area contributed by atoms with Gasteiger partial charge in [0.15, 0.2) is 0 Å². The molecule has 96 valence electrons. The lowest BCUT2D eigenvalue weighted by molar-refractivity contribution is 0.0829. The van der Waals surface area contributed by atoms with Gasteiger partial charge in [-0.05, 0) is 25.5 Å². The van der Waals surface area contributed by atoms with Crippen LogP contribution in [0.2, 0.25) is 0 Å². The first kappa shape index (κ1) is 15.9. The van der Waals surface area contributed by atoms with Crippen LogP contribution in [-0.4, -0.2) is 27.2 Å². The van der Waals surface area contributed by atoms with Crippen LogP contribution < -0.4 is 5.32 Å². The van der Waals surface area contributed by atoms with Gasteiger partial charge < -0.3 is 10.2 Å². The Morgan fingerprint density at radius 3 is 2.24 bits per heavy atom. The molecule has 1 aromatic rings. The second kappa shape index (κ2) is 8.08. The largest absolute Gasteiger partial charge is 0.465 e. The number of anilines is 1. The van der Waals surface area contributed by atoms with Crippen molar-refractivity contribution in [3.63, 3.8) is 0 Å². The van der Waals surface area contributed by atoms with E-state index in [1.165, 1.54) is 0 Å². The maximum atomic E-state index is 10.1. The van der Waals surface area contributed by atoms with E-state index >= 15 is 0 Å². The summed E-state index contributed by atoms with van der Waals surface area (Å²) in [7, 11) is 0. The summed E-state index contributed by atoms with van der Waals surface area (Å²) in [6.45, 7) is 3.77. The molecule has 3 N–H and O–H groups in total. The zero-order chi connectivity index (χ0) is 13.3. The topological polar surface area (TPSA) is 69.6 Å². The normalized spacial score (nSPS) is 12.9. The van der Waals surface area contributed by atoms with Crippen molar-refractivity contribution in [2.75, 3.05) is 10.6 Å². The summed E-state index contributed by atoms with van der Waals surface area (Å²) in [5.41, 5.74) is 0.0926. The molecular weight excluding hydrogens is 286 g/mol. The van der Waals surface area contributed by atoms with Crippen LogP contribution in [0.3, 0.4) is 0 Å². The minimum Gasteiger partial charge on any atom is -0.465 e. The van der Waals surface area contributed by atoms with Gasteiger partial charge in [0.1, 0.15) is 0 Å². The summed E-state index contributed by atoms with van der Waals surface area (Å²) < 4.78 is 0. The van der Waals surface area contributed by atoms with E-state index in [0.29, 0.717) is 11.0 Å². The van der Waals surface area contributed by atoms with Crippen LogP contribution in [0.5, 0.6) is 0 Å². The van der Waals surface area contributed by atoms with Gasteiger partial charge in [0.05, 0.1) is 5.60 Å². The molecule has 0 saturated heterocycles. The summed E-state index contributed by atoms with van der Waals surface area (Å²) in [4.78, 5) is 10.1. The molecule has 0 bridgehead atoms. The van der Waals surface area contributed by atoms with Crippen molar-refractivity contribution >= 4 is 27.7 Å². The maximum Gasteiger partial charge on any atom is 0.409 e. The highest BCUT2D eigenvalue weighted by atomic mass is 79.9. The Morgan fingerprint density at radius 2 is 1.94 bits per heavy atom. The Morgan fingerprint density at radius 1 is 1.41 bits per heavy atom. The smallest absolute Gasteiger partial charge is 0.409 e. The number of carboxylic acid groups (broad SMARTS) is 1. The van der Waals surface area contributed by atoms with Crippen LogP contribution >= 0.6 is 15.9 Å². The van der Waals surface area contributed by atoms with E-state index in [1.807, 2.05) is 19.9 Å². The molecule has 0 heterocycles. The first-order valence-electron chi connectivity index (χ1n) is 5.24. The molecule has 0 aliphatic heterocycles. The van der Waals surface area contributed by atoms with E-state index < -0.39 is 11.7 Å². The summed E-state index contributed by atoms with van der Waals surface area (Å²) in [5, 5.41) is 20.2. The third kappa shape index (κ3) is 8.71. The minimum atomic E-state index is -1.04. The Labute approximate surface area is 110 Å². The Kier molecular flexibility index (Phi) is 7.58. The van der Waals surface area contributed by atoms with Crippen LogP contribution in [-0.2, 0) is 0 Å². The number of alkyl halides is 1. The molecule has 1 atom stereocenters. The maximum absolute atomic E-state index is 10.1. The van der Waals surface area contributed by atoms with Gasteiger partial charge >= 0.3 is 6.09 Å². The van der Waals surface area contributed by atoms with Crippen LogP contribution in [0, 0.1) is 0 Å². The first-order chi connectivity index (χ1) is 7.91. The molecule has 17 heavy (non-hydrogen) atoms. The number of amides is 1. The number of halogens is 1. The molecule has 1 amide bonds. The van der Waals surface area contributed by atoms with Gasteiger partial charge in [0, 0.05) is 11.0 Å². The van der Waals surface area contributed by atoms with Gasteiger partial charge in [-0.1, -0.05) is 41.1 Å². The average molecular weight is 304 g/mol. The number of benzene rings is 1. The van der Waals surface area contributed by atoms with Gasteiger partial charge in [-0.25, -0.2) is 4.79 Å². The summed E-state index contributed by atoms with van der Waals surface area (Å²) in [5.74, 6) is 0. The fourth-order valence-electron chi connectivity index (χ4n) is 0.739. The summed E-state index contributed by atoms with van der Waals surface area (Å²) in [6.07, 6.45) is -0.232. The van der Waals surface area contributed by atoms with Crippen molar-refractivity contribution in [2.45, 2.75) is 25.9 Å². The number of nitrogens with one attached hydrogen (secondary N) is 1. The number of carbonyl (C=O) groups is 1. The molecule has 1 unspecified atom stereocenters. The van der Waals surface area contributed by atoms with E-state index in [2.05, 4.69) is 21.2 Å². The van der Waals surface area contributed by atoms with Crippen LogP contribution in [0.1, 0.15) is 20.3 Å². The number of para-hydroxylation sites is 1. The van der Waals surface area contributed by atoms with E-state index in [0.717, 1.165) is 6.42 Å². The lowest BCUT2D eigenvalue weighted by atomic mass is 10.1. The van der Waals surface area contributed by atoms with Crippen molar-refractivity contribution in [1.29, 1.82) is 0 Å². The second-order valence-corrected chi connectivity index (χ2v) is 4.34. The van der Waals surface area contributed by atoms with E-state index in [9.17, 15) is 4.79 Å². The van der Waals surface area contributed by atoms with Crippen molar-refractivity contribution in [1.82, 2.24) is 0 Å². The molecule has 0 aliphatic carbocycles. The standard InChI is InChI=1S/C7H7NO2.C5H11BrO/c9-7(10)8-6-4-2-1-3-5-6;1-3-5(2,7)4-6/h1-5,8H,(H,9,10);7H,3-4H2,1-2H3. The van der Waals surface area contributed by atoms with Gasteiger partial charge in [-0.2, -0.15) is 0 Å². The van der Waals surface area contributed by atoms with E-state index in [-0.39, 0.29) is 0 Å². The SMILES string of the molecule is CCC(C)(O)CBr.O=C(O)Nc1ccccc1. The van der Waals surface area contributed by atoms with Crippen molar-refractivity contribution in [3.8, 4) is 0 Å². The summed E-state index contributed by atoms with van der Waals surface area (Å²) >= 11 is 3.18. The molecule has 0 aromatic heterocycles. The van der Waals surface area contributed by atoms with E-state index in [4.69, 9.17) is 10.2 Å². The molecule has 4 nitrogen and oxygen atoms in total. The zero-order valence-corrected chi connectivity index (χ0v) is 11.6. The lowest BCUT2D eigenvalue weighted by Crippen LogP contribution is -2.23. The highest BCUT2D eigenvalue weighted by Gasteiger charge is 2.13.